The Bertz CT molecular complexity index is 644. The van der Waals surface area contributed by atoms with E-state index < -0.39 is 11.7 Å². The minimum atomic E-state index is -4.28. The number of halogens is 3. The number of rotatable bonds is 1. The average molecular weight is 291 g/mol. The summed E-state index contributed by atoms with van der Waals surface area (Å²) in [4.78, 5) is 0. The van der Waals surface area contributed by atoms with Crippen molar-refractivity contribution >= 4 is 5.69 Å². The largest absolute Gasteiger partial charge is 0.416 e. The van der Waals surface area contributed by atoms with Crippen LogP contribution in [0.15, 0.2) is 42.5 Å². The van der Waals surface area contributed by atoms with Crippen LogP contribution in [0.3, 0.4) is 0 Å². The van der Waals surface area contributed by atoms with Gasteiger partial charge in [-0.15, -0.1) is 0 Å². The maximum absolute atomic E-state index is 12.6. The molecule has 0 bridgehead atoms. The van der Waals surface area contributed by atoms with E-state index in [0.717, 1.165) is 24.2 Å². The maximum atomic E-state index is 12.6. The van der Waals surface area contributed by atoms with Gasteiger partial charge in [0.05, 0.1) is 5.56 Å². The monoisotopic (exact) mass is 291 g/mol. The van der Waals surface area contributed by atoms with E-state index in [9.17, 15) is 13.2 Å². The number of hydrogen-bond acceptors (Lipinski definition) is 1. The molecule has 1 nitrogen and oxygen atoms in total. The van der Waals surface area contributed by atoms with Gasteiger partial charge in [-0.05, 0) is 42.2 Å². The fourth-order valence-corrected chi connectivity index (χ4v) is 2.97. The third-order valence-corrected chi connectivity index (χ3v) is 4.06. The second-order valence-electron chi connectivity index (χ2n) is 5.43. The van der Waals surface area contributed by atoms with Gasteiger partial charge in [-0.2, -0.15) is 13.2 Å². The van der Waals surface area contributed by atoms with Crippen LogP contribution >= 0.6 is 0 Å². The van der Waals surface area contributed by atoms with Crippen LogP contribution in [0.5, 0.6) is 0 Å². The summed E-state index contributed by atoms with van der Waals surface area (Å²) >= 11 is 0. The Labute approximate surface area is 121 Å². The lowest BCUT2D eigenvalue weighted by atomic mass is 9.84. The van der Waals surface area contributed by atoms with Crippen LogP contribution in [-0.2, 0) is 6.18 Å². The fourth-order valence-electron chi connectivity index (χ4n) is 2.97. The Morgan fingerprint density at radius 2 is 1.76 bits per heavy atom. The molecule has 1 aliphatic rings. The first kappa shape index (κ1) is 14.0. The average Bonchev–Trinajstić information content (AvgIpc) is 2.46. The van der Waals surface area contributed by atoms with E-state index >= 15 is 0 Å². The molecule has 0 saturated carbocycles. The highest BCUT2D eigenvalue weighted by atomic mass is 19.4. The quantitative estimate of drug-likeness (QED) is 0.783. The lowest BCUT2D eigenvalue weighted by Gasteiger charge is -2.28. The maximum Gasteiger partial charge on any atom is 0.416 e. The summed E-state index contributed by atoms with van der Waals surface area (Å²) in [7, 11) is 0. The normalized spacial score (nSPS) is 18.0. The molecule has 0 aromatic heterocycles. The van der Waals surface area contributed by atoms with Gasteiger partial charge in [-0.3, -0.25) is 0 Å². The lowest BCUT2D eigenvalue weighted by Crippen LogP contribution is -2.18. The molecular formula is C17H16F3N. The van der Waals surface area contributed by atoms with Crippen molar-refractivity contribution in [3.63, 3.8) is 0 Å². The van der Waals surface area contributed by atoms with Gasteiger partial charge in [0, 0.05) is 18.2 Å². The van der Waals surface area contributed by atoms with Gasteiger partial charge >= 0.3 is 6.18 Å². The summed E-state index contributed by atoms with van der Waals surface area (Å²) < 4.78 is 37.9. The molecule has 2 aromatic rings. The molecule has 0 radical (unpaired) electrons. The first-order valence-electron chi connectivity index (χ1n) is 6.97. The van der Waals surface area contributed by atoms with E-state index in [0.29, 0.717) is 0 Å². The molecule has 0 saturated heterocycles. The molecule has 1 heterocycles. The van der Waals surface area contributed by atoms with Crippen LogP contribution in [0.25, 0.3) is 0 Å². The van der Waals surface area contributed by atoms with Gasteiger partial charge in [0.1, 0.15) is 0 Å². The van der Waals surface area contributed by atoms with Gasteiger partial charge < -0.3 is 5.32 Å². The van der Waals surface area contributed by atoms with Gasteiger partial charge in [-0.25, -0.2) is 0 Å². The highest BCUT2D eigenvalue weighted by Crippen LogP contribution is 2.39. The van der Waals surface area contributed by atoms with Crippen molar-refractivity contribution in [1.82, 2.24) is 0 Å². The third kappa shape index (κ3) is 2.62. The number of benzene rings is 2. The van der Waals surface area contributed by atoms with Crippen LogP contribution < -0.4 is 5.32 Å². The minimum absolute atomic E-state index is 0.156. The summed E-state index contributed by atoms with van der Waals surface area (Å²) in [5, 5.41) is 3.39. The number of alkyl halides is 3. The molecule has 21 heavy (non-hydrogen) atoms. The molecule has 0 amide bonds. The molecule has 1 aliphatic heterocycles. The van der Waals surface area contributed by atoms with Gasteiger partial charge in [0.15, 0.2) is 0 Å². The first-order chi connectivity index (χ1) is 9.97. The van der Waals surface area contributed by atoms with E-state index in [4.69, 9.17) is 0 Å². The van der Waals surface area contributed by atoms with Crippen LogP contribution in [0.2, 0.25) is 0 Å². The summed E-state index contributed by atoms with van der Waals surface area (Å²) in [5.41, 5.74) is 3.81. The summed E-state index contributed by atoms with van der Waals surface area (Å²) in [6.07, 6.45) is -3.39. The Morgan fingerprint density at radius 1 is 1.05 bits per heavy atom. The van der Waals surface area contributed by atoms with Crippen molar-refractivity contribution in [2.75, 3.05) is 11.9 Å². The number of fused-ring (bicyclic) bond motifs is 1. The first-order valence-corrected chi connectivity index (χ1v) is 6.97. The zero-order valence-electron chi connectivity index (χ0n) is 11.7. The number of anilines is 1. The van der Waals surface area contributed by atoms with E-state index in [1.54, 1.807) is 12.1 Å². The number of hydrogen-bond donors (Lipinski definition) is 1. The number of para-hydroxylation sites is 1. The van der Waals surface area contributed by atoms with Crippen LogP contribution in [-0.4, -0.2) is 6.54 Å². The smallest absolute Gasteiger partial charge is 0.385 e. The molecule has 0 aliphatic carbocycles. The molecule has 2 aromatic carbocycles. The Hall–Kier alpha value is -1.97. The van der Waals surface area contributed by atoms with Crippen LogP contribution in [0, 0.1) is 6.92 Å². The van der Waals surface area contributed by atoms with Crippen molar-refractivity contribution in [1.29, 1.82) is 0 Å². The second kappa shape index (κ2) is 5.10. The second-order valence-corrected chi connectivity index (χ2v) is 5.43. The third-order valence-electron chi connectivity index (χ3n) is 4.06. The van der Waals surface area contributed by atoms with Crippen molar-refractivity contribution in [2.24, 2.45) is 0 Å². The molecule has 1 atom stereocenters. The summed E-state index contributed by atoms with van der Waals surface area (Å²) in [6, 6.07) is 11.6. The molecule has 110 valence electrons. The molecule has 0 spiro atoms. The number of nitrogens with one attached hydrogen (secondary N) is 1. The van der Waals surface area contributed by atoms with Crippen molar-refractivity contribution in [3.8, 4) is 0 Å². The molecule has 3 rings (SSSR count). The molecular weight excluding hydrogens is 275 g/mol. The Morgan fingerprint density at radius 3 is 2.43 bits per heavy atom. The highest BCUT2D eigenvalue weighted by Gasteiger charge is 2.30. The predicted octanol–water partition coefficient (Wildman–Crippen LogP) is 4.96. The van der Waals surface area contributed by atoms with Gasteiger partial charge in [-0.1, -0.05) is 30.3 Å². The molecule has 4 heteroatoms. The molecule has 0 fully saturated rings. The number of aryl methyl sites for hydroxylation is 1. The molecule has 1 unspecified atom stereocenters. The van der Waals surface area contributed by atoms with E-state index in [-0.39, 0.29) is 5.92 Å². The summed E-state index contributed by atoms with van der Waals surface area (Å²) in [5.74, 6) is 0.156. The van der Waals surface area contributed by atoms with Crippen molar-refractivity contribution < 1.29 is 13.2 Å². The zero-order chi connectivity index (χ0) is 15.0. The fraction of sp³-hybridized carbons (Fsp3) is 0.294. The van der Waals surface area contributed by atoms with E-state index in [1.807, 2.05) is 19.1 Å². The lowest BCUT2D eigenvalue weighted by molar-refractivity contribution is -0.137. The molecule has 1 N–H and O–H groups in total. The minimum Gasteiger partial charge on any atom is -0.385 e. The Kier molecular flexibility index (Phi) is 3.40. The predicted molar refractivity (Wildman–Crippen MR) is 77.6 cm³/mol. The van der Waals surface area contributed by atoms with E-state index in [2.05, 4.69) is 11.4 Å². The van der Waals surface area contributed by atoms with Gasteiger partial charge in [0.25, 0.3) is 0 Å². The summed E-state index contributed by atoms with van der Waals surface area (Å²) in [6.45, 7) is 2.88. The van der Waals surface area contributed by atoms with Crippen molar-refractivity contribution in [2.45, 2.75) is 25.4 Å². The van der Waals surface area contributed by atoms with Gasteiger partial charge in [0.2, 0.25) is 0 Å². The topological polar surface area (TPSA) is 12.0 Å². The van der Waals surface area contributed by atoms with Crippen molar-refractivity contribution in [3.05, 3.63) is 64.7 Å². The highest BCUT2D eigenvalue weighted by molar-refractivity contribution is 5.62. The van der Waals surface area contributed by atoms with E-state index in [1.165, 1.54) is 23.3 Å². The SMILES string of the molecule is Cc1cccc2c1NCCC2c1ccc(C(F)(F)F)cc1. The zero-order valence-corrected chi connectivity index (χ0v) is 11.7. The Balaban J connectivity index is 1.98. The standard InChI is InChI=1S/C17H16F3N/c1-11-3-2-4-15-14(9-10-21-16(11)15)12-5-7-13(8-6-12)17(18,19)20/h2-8,14,21H,9-10H2,1H3. The van der Waals surface area contributed by atoms with Crippen LogP contribution in [0.4, 0.5) is 18.9 Å². The van der Waals surface area contributed by atoms with Crippen LogP contribution in [0.1, 0.15) is 34.6 Å².